The molecule has 0 bridgehead atoms. The number of nitrogens with one attached hydrogen (secondary N) is 2. The molecule has 0 saturated heterocycles. The summed E-state index contributed by atoms with van der Waals surface area (Å²) in [7, 11) is -1.97. The van der Waals surface area contributed by atoms with Gasteiger partial charge in [0.2, 0.25) is 10.0 Å². The molecular formula is C12H15N3O3S. The van der Waals surface area contributed by atoms with Gasteiger partial charge in [-0.15, -0.1) is 0 Å². The van der Waals surface area contributed by atoms with Crippen LogP contribution in [0, 0.1) is 6.92 Å². The zero-order valence-corrected chi connectivity index (χ0v) is 11.5. The lowest BCUT2D eigenvalue weighted by Crippen LogP contribution is -2.24. The number of anilines is 1. The van der Waals surface area contributed by atoms with Gasteiger partial charge in [0, 0.05) is 19.4 Å². The number of aromatic nitrogens is 1. The summed E-state index contributed by atoms with van der Waals surface area (Å²) in [6.07, 6.45) is 2.84. The summed E-state index contributed by atoms with van der Waals surface area (Å²) in [5.41, 5.74) is 0.498. The first-order valence-electron chi connectivity index (χ1n) is 5.69. The van der Waals surface area contributed by atoms with Gasteiger partial charge in [-0.3, -0.25) is 4.98 Å². The van der Waals surface area contributed by atoms with Crippen molar-refractivity contribution in [1.29, 1.82) is 0 Å². The first-order chi connectivity index (χ1) is 9.03. The maximum absolute atomic E-state index is 12.2. The number of rotatable bonds is 5. The van der Waals surface area contributed by atoms with E-state index in [1.807, 2.05) is 0 Å². The van der Waals surface area contributed by atoms with Crippen LogP contribution in [-0.4, -0.2) is 20.4 Å². The molecule has 0 aliphatic rings. The summed E-state index contributed by atoms with van der Waals surface area (Å²) >= 11 is 0. The minimum atomic E-state index is -3.63. The zero-order valence-electron chi connectivity index (χ0n) is 10.7. The Morgan fingerprint density at radius 3 is 2.74 bits per heavy atom. The van der Waals surface area contributed by atoms with Crippen LogP contribution in [0.25, 0.3) is 0 Å². The molecule has 2 rings (SSSR count). The SMILES string of the molecule is CNc1ccncc1S(=O)(=O)NCc1ccc(C)o1. The lowest BCUT2D eigenvalue weighted by Gasteiger charge is -2.09. The number of nitrogens with zero attached hydrogens (tertiary/aromatic N) is 1. The predicted octanol–water partition coefficient (Wildman–Crippen LogP) is 1.50. The van der Waals surface area contributed by atoms with E-state index in [1.165, 1.54) is 12.4 Å². The number of aryl methyl sites for hydroxylation is 1. The Morgan fingerprint density at radius 1 is 1.32 bits per heavy atom. The fourth-order valence-corrected chi connectivity index (χ4v) is 2.77. The average Bonchev–Trinajstić information content (AvgIpc) is 2.82. The van der Waals surface area contributed by atoms with Gasteiger partial charge in [0.25, 0.3) is 0 Å². The van der Waals surface area contributed by atoms with Crippen molar-refractivity contribution in [2.45, 2.75) is 18.4 Å². The van der Waals surface area contributed by atoms with Crippen molar-refractivity contribution >= 4 is 15.7 Å². The van der Waals surface area contributed by atoms with Crippen LogP contribution in [0.3, 0.4) is 0 Å². The van der Waals surface area contributed by atoms with Gasteiger partial charge in [-0.1, -0.05) is 0 Å². The fraction of sp³-hybridized carbons (Fsp3) is 0.250. The van der Waals surface area contributed by atoms with E-state index in [4.69, 9.17) is 4.42 Å². The third-order valence-electron chi connectivity index (χ3n) is 2.58. The molecule has 2 aromatic rings. The van der Waals surface area contributed by atoms with Crippen molar-refractivity contribution in [3.05, 3.63) is 42.1 Å². The van der Waals surface area contributed by atoms with E-state index in [1.54, 1.807) is 32.2 Å². The first-order valence-corrected chi connectivity index (χ1v) is 7.18. The highest BCUT2D eigenvalue weighted by Crippen LogP contribution is 2.19. The molecule has 2 N–H and O–H groups in total. The topological polar surface area (TPSA) is 84.2 Å². The predicted molar refractivity (Wildman–Crippen MR) is 71.3 cm³/mol. The third-order valence-corrected chi connectivity index (χ3v) is 4.00. The van der Waals surface area contributed by atoms with E-state index in [2.05, 4.69) is 15.0 Å². The highest BCUT2D eigenvalue weighted by Gasteiger charge is 2.18. The van der Waals surface area contributed by atoms with E-state index in [0.717, 1.165) is 5.76 Å². The van der Waals surface area contributed by atoms with E-state index >= 15 is 0 Å². The van der Waals surface area contributed by atoms with E-state index < -0.39 is 10.0 Å². The molecule has 0 saturated carbocycles. The van der Waals surface area contributed by atoms with Crippen LogP contribution in [0.15, 0.2) is 39.9 Å². The monoisotopic (exact) mass is 281 g/mol. The van der Waals surface area contributed by atoms with Crippen LogP contribution < -0.4 is 10.0 Å². The molecule has 0 unspecified atom stereocenters. The van der Waals surface area contributed by atoms with Gasteiger partial charge in [0.05, 0.1) is 12.2 Å². The lowest BCUT2D eigenvalue weighted by molar-refractivity contribution is 0.475. The van der Waals surface area contributed by atoms with Crippen LogP contribution in [0.1, 0.15) is 11.5 Å². The van der Waals surface area contributed by atoms with Crippen molar-refractivity contribution in [3.8, 4) is 0 Å². The molecule has 0 spiro atoms. The highest BCUT2D eigenvalue weighted by molar-refractivity contribution is 7.89. The molecule has 19 heavy (non-hydrogen) atoms. The van der Waals surface area contributed by atoms with Gasteiger partial charge in [-0.25, -0.2) is 13.1 Å². The Bertz CT molecular complexity index is 664. The molecule has 2 aromatic heterocycles. The summed E-state index contributed by atoms with van der Waals surface area (Å²) in [4.78, 5) is 3.95. The van der Waals surface area contributed by atoms with Crippen LogP contribution in [0.2, 0.25) is 0 Å². The summed E-state index contributed by atoms with van der Waals surface area (Å²) in [5.74, 6) is 1.31. The van der Waals surface area contributed by atoms with Crippen LogP contribution in [0.5, 0.6) is 0 Å². The van der Waals surface area contributed by atoms with Gasteiger partial charge >= 0.3 is 0 Å². The number of hydrogen-bond donors (Lipinski definition) is 2. The molecule has 0 radical (unpaired) electrons. The normalized spacial score (nSPS) is 11.5. The Hall–Kier alpha value is -1.86. The Morgan fingerprint density at radius 2 is 2.11 bits per heavy atom. The minimum Gasteiger partial charge on any atom is -0.465 e. The Kier molecular flexibility index (Phi) is 3.87. The molecule has 0 aromatic carbocycles. The van der Waals surface area contributed by atoms with Gasteiger partial charge in [-0.2, -0.15) is 0 Å². The molecule has 0 fully saturated rings. The first kappa shape index (κ1) is 13.6. The molecule has 0 amide bonds. The van der Waals surface area contributed by atoms with Gasteiger partial charge in [0.15, 0.2) is 0 Å². The van der Waals surface area contributed by atoms with Gasteiger partial charge in [-0.05, 0) is 25.1 Å². The van der Waals surface area contributed by atoms with Crippen molar-refractivity contribution in [1.82, 2.24) is 9.71 Å². The second kappa shape index (κ2) is 5.41. The van der Waals surface area contributed by atoms with Crippen LogP contribution in [0.4, 0.5) is 5.69 Å². The largest absolute Gasteiger partial charge is 0.465 e. The van der Waals surface area contributed by atoms with Gasteiger partial charge < -0.3 is 9.73 Å². The minimum absolute atomic E-state index is 0.105. The lowest BCUT2D eigenvalue weighted by atomic mass is 10.4. The molecule has 0 aliphatic carbocycles. The van der Waals surface area contributed by atoms with Crippen molar-refractivity contribution in [2.24, 2.45) is 0 Å². The number of sulfonamides is 1. The number of pyridine rings is 1. The third kappa shape index (κ3) is 3.12. The van der Waals surface area contributed by atoms with Crippen LogP contribution in [-0.2, 0) is 16.6 Å². The highest BCUT2D eigenvalue weighted by atomic mass is 32.2. The second-order valence-corrected chi connectivity index (χ2v) is 5.69. The summed E-state index contributed by atoms with van der Waals surface area (Å²) in [5, 5.41) is 2.82. The number of furan rings is 1. The zero-order chi connectivity index (χ0) is 13.9. The van der Waals surface area contributed by atoms with Crippen molar-refractivity contribution in [2.75, 3.05) is 12.4 Å². The van der Waals surface area contributed by atoms with Crippen molar-refractivity contribution < 1.29 is 12.8 Å². The number of hydrogen-bond acceptors (Lipinski definition) is 5. The van der Waals surface area contributed by atoms with Crippen LogP contribution >= 0.6 is 0 Å². The smallest absolute Gasteiger partial charge is 0.244 e. The summed E-state index contributed by atoms with van der Waals surface area (Å²) in [6.45, 7) is 1.91. The average molecular weight is 281 g/mol. The fourth-order valence-electron chi connectivity index (χ4n) is 1.62. The molecule has 2 heterocycles. The maximum atomic E-state index is 12.2. The Balaban J connectivity index is 2.18. The van der Waals surface area contributed by atoms with Crippen molar-refractivity contribution in [3.63, 3.8) is 0 Å². The molecule has 6 nitrogen and oxygen atoms in total. The summed E-state index contributed by atoms with van der Waals surface area (Å²) < 4.78 is 32.1. The standard InChI is InChI=1S/C12H15N3O3S/c1-9-3-4-10(18-9)7-15-19(16,17)12-8-14-6-5-11(12)13-2/h3-6,8,15H,7H2,1-2H3,(H,13,14). The Labute approximate surface area is 111 Å². The molecule has 7 heteroatoms. The van der Waals surface area contributed by atoms with E-state index in [9.17, 15) is 8.42 Å². The molecule has 102 valence electrons. The molecule has 0 atom stereocenters. The van der Waals surface area contributed by atoms with E-state index in [0.29, 0.717) is 11.4 Å². The molecular weight excluding hydrogens is 266 g/mol. The van der Waals surface area contributed by atoms with Gasteiger partial charge in [0.1, 0.15) is 16.4 Å². The molecule has 0 aliphatic heterocycles. The maximum Gasteiger partial charge on any atom is 0.244 e. The summed E-state index contributed by atoms with van der Waals surface area (Å²) in [6, 6.07) is 5.12. The van der Waals surface area contributed by atoms with E-state index in [-0.39, 0.29) is 11.4 Å². The second-order valence-electron chi connectivity index (χ2n) is 3.96. The quantitative estimate of drug-likeness (QED) is 0.867.